The van der Waals surface area contributed by atoms with Crippen molar-refractivity contribution in [3.8, 4) is 0 Å². The molecular formula is C12H17N5OS. The SMILES string of the molecule is O=C(NCC1CCNCC1)c1nc2c(s1)NCN=C2. The van der Waals surface area contributed by atoms with E-state index in [0.717, 1.165) is 43.2 Å². The van der Waals surface area contributed by atoms with Crippen molar-refractivity contribution in [1.82, 2.24) is 15.6 Å². The van der Waals surface area contributed by atoms with Gasteiger partial charge in [-0.1, -0.05) is 11.3 Å². The molecule has 1 amide bonds. The highest BCUT2D eigenvalue weighted by Gasteiger charge is 2.19. The van der Waals surface area contributed by atoms with Crippen LogP contribution >= 0.6 is 11.3 Å². The molecule has 3 N–H and O–H groups in total. The van der Waals surface area contributed by atoms with Crippen molar-refractivity contribution < 1.29 is 4.79 Å². The van der Waals surface area contributed by atoms with Crippen molar-refractivity contribution in [2.45, 2.75) is 12.8 Å². The molecular weight excluding hydrogens is 262 g/mol. The normalized spacial score (nSPS) is 18.7. The Morgan fingerprint density at radius 1 is 1.47 bits per heavy atom. The molecule has 0 spiro atoms. The lowest BCUT2D eigenvalue weighted by molar-refractivity contribution is 0.0944. The van der Waals surface area contributed by atoms with Crippen molar-refractivity contribution in [3.63, 3.8) is 0 Å². The number of carbonyl (C=O) groups is 1. The van der Waals surface area contributed by atoms with Gasteiger partial charge in [-0.05, 0) is 31.8 Å². The molecule has 6 nitrogen and oxygen atoms in total. The van der Waals surface area contributed by atoms with Gasteiger partial charge >= 0.3 is 0 Å². The molecule has 0 unspecified atom stereocenters. The summed E-state index contributed by atoms with van der Waals surface area (Å²) in [6.07, 6.45) is 3.97. The summed E-state index contributed by atoms with van der Waals surface area (Å²) in [6, 6.07) is 0. The Hall–Kier alpha value is -1.47. The fourth-order valence-corrected chi connectivity index (χ4v) is 3.13. The molecule has 0 aliphatic carbocycles. The molecule has 19 heavy (non-hydrogen) atoms. The molecule has 0 bridgehead atoms. The van der Waals surface area contributed by atoms with Crippen LogP contribution in [-0.2, 0) is 0 Å². The Morgan fingerprint density at radius 3 is 3.11 bits per heavy atom. The topological polar surface area (TPSA) is 78.4 Å². The Balaban J connectivity index is 1.57. The second-order valence-electron chi connectivity index (χ2n) is 4.78. The minimum absolute atomic E-state index is 0.0758. The summed E-state index contributed by atoms with van der Waals surface area (Å²) in [4.78, 5) is 20.4. The van der Waals surface area contributed by atoms with Gasteiger partial charge in [-0.15, -0.1) is 0 Å². The minimum atomic E-state index is -0.0758. The van der Waals surface area contributed by atoms with Crippen LogP contribution in [0.15, 0.2) is 4.99 Å². The van der Waals surface area contributed by atoms with Crippen LogP contribution in [0.3, 0.4) is 0 Å². The highest BCUT2D eigenvalue weighted by molar-refractivity contribution is 7.17. The number of aromatic nitrogens is 1. The van der Waals surface area contributed by atoms with Gasteiger partial charge in [0.15, 0.2) is 5.01 Å². The number of rotatable bonds is 3. The molecule has 7 heteroatoms. The van der Waals surface area contributed by atoms with Crippen LogP contribution in [-0.4, -0.2) is 43.4 Å². The Kier molecular flexibility index (Phi) is 3.74. The van der Waals surface area contributed by atoms with E-state index in [0.29, 0.717) is 17.6 Å². The lowest BCUT2D eigenvalue weighted by atomic mass is 9.98. The van der Waals surface area contributed by atoms with E-state index in [1.807, 2.05) is 0 Å². The van der Waals surface area contributed by atoms with E-state index in [1.165, 1.54) is 11.3 Å². The second-order valence-corrected chi connectivity index (χ2v) is 5.78. The zero-order chi connectivity index (χ0) is 13.1. The van der Waals surface area contributed by atoms with Crippen LogP contribution in [0.5, 0.6) is 0 Å². The molecule has 1 fully saturated rings. The van der Waals surface area contributed by atoms with E-state index < -0.39 is 0 Å². The van der Waals surface area contributed by atoms with Crippen molar-refractivity contribution in [1.29, 1.82) is 0 Å². The summed E-state index contributed by atoms with van der Waals surface area (Å²) in [5, 5.41) is 10.9. The van der Waals surface area contributed by atoms with Crippen molar-refractivity contribution in [2.24, 2.45) is 10.9 Å². The van der Waals surface area contributed by atoms with E-state index in [-0.39, 0.29) is 5.91 Å². The summed E-state index contributed by atoms with van der Waals surface area (Å²) >= 11 is 1.39. The first-order chi connectivity index (χ1) is 9.33. The number of amides is 1. The number of fused-ring (bicyclic) bond motifs is 1. The molecule has 1 saturated heterocycles. The molecule has 0 radical (unpaired) electrons. The quantitative estimate of drug-likeness (QED) is 0.760. The lowest BCUT2D eigenvalue weighted by Crippen LogP contribution is -2.35. The minimum Gasteiger partial charge on any atom is -0.356 e. The first kappa shape index (κ1) is 12.6. The monoisotopic (exact) mass is 279 g/mol. The molecule has 3 rings (SSSR count). The smallest absolute Gasteiger partial charge is 0.280 e. The van der Waals surface area contributed by atoms with E-state index >= 15 is 0 Å². The average Bonchev–Trinajstić information content (AvgIpc) is 2.90. The number of carbonyl (C=O) groups excluding carboxylic acids is 1. The Morgan fingerprint density at radius 2 is 2.32 bits per heavy atom. The number of anilines is 1. The van der Waals surface area contributed by atoms with Crippen LogP contribution in [0.1, 0.15) is 28.3 Å². The third-order valence-electron chi connectivity index (χ3n) is 3.40. The molecule has 102 valence electrons. The van der Waals surface area contributed by atoms with Gasteiger partial charge < -0.3 is 16.0 Å². The number of nitrogens with zero attached hydrogens (tertiary/aromatic N) is 2. The highest BCUT2D eigenvalue weighted by Crippen LogP contribution is 2.25. The average molecular weight is 279 g/mol. The maximum Gasteiger partial charge on any atom is 0.280 e. The number of hydrogen-bond acceptors (Lipinski definition) is 6. The van der Waals surface area contributed by atoms with Crippen molar-refractivity contribution in [3.05, 3.63) is 10.7 Å². The van der Waals surface area contributed by atoms with Gasteiger partial charge in [0.1, 0.15) is 17.4 Å². The third-order valence-corrected chi connectivity index (χ3v) is 4.43. The molecule has 0 saturated carbocycles. The molecule has 1 aromatic rings. The summed E-state index contributed by atoms with van der Waals surface area (Å²) < 4.78 is 0. The molecule has 3 heterocycles. The van der Waals surface area contributed by atoms with Crippen molar-refractivity contribution in [2.75, 3.05) is 31.6 Å². The lowest BCUT2D eigenvalue weighted by Gasteiger charge is -2.22. The van der Waals surface area contributed by atoms with E-state index in [9.17, 15) is 4.79 Å². The van der Waals surface area contributed by atoms with Gasteiger partial charge in [0.25, 0.3) is 5.91 Å². The predicted molar refractivity (Wildman–Crippen MR) is 76.1 cm³/mol. The first-order valence-electron chi connectivity index (χ1n) is 6.56. The summed E-state index contributed by atoms with van der Waals surface area (Å²) in [7, 11) is 0. The summed E-state index contributed by atoms with van der Waals surface area (Å²) in [5.74, 6) is 0.507. The van der Waals surface area contributed by atoms with Crippen LogP contribution in [0, 0.1) is 5.92 Å². The third kappa shape index (κ3) is 2.93. The zero-order valence-electron chi connectivity index (χ0n) is 10.6. The maximum atomic E-state index is 12.1. The molecule has 0 aromatic carbocycles. The number of thiazole rings is 1. The predicted octanol–water partition coefficient (Wildman–Crippen LogP) is 0.674. The Labute approximate surface area is 115 Å². The van der Waals surface area contributed by atoms with Gasteiger partial charge in [-0.2, -0.15) is 0 Å². The van der Waals surface area contributed by atoms with Gasteiger partial charge in [0.05, 0.1) is 6.21 Å². The summed E-state index contributed by atoms with van der Waals surface area (Å²) in [6.45, 7) is 3.40. The van der Waals surface area contributed by atoms with E-state index in [4.69, 9.17) is 0 Å². The van der Waals surface area contributed by atoms with Crippen LogP contribution < -0.4 is 16.0 Å². The number of nitrogens with one attached hydrogen (secondary N) is 3. The van der Waals surface area contributed by atoms with E-state index in [1.54, 1.807) is 6.21 Å². The van der Waals surface area contributed by atoms with Gasteiger partial charge in [-0.3, -0.25) is 9.79 Å². The Bertz CT molecular complexity index is 492. The second kappa shape index (κ2) is 5.66. The molecule has 1 aromatic heterocycles. The molecule has 2 aliphatic heterocycles. The molecule has 2 aliphatic rings. The van der Waals surface area contributed by atoms with E-state index in [2.05, 4.69) is 25.9 Å². The van der Waals surface area contributed by atoms with Crippen LogP contribution in [0.4, 0.5) is 5.00 Å². The summed E-state index contributed by atoms with van der Waals surface area (Å²) in [5.41, 5.74) is 0.767. The maximum absolute atomic E-state index is 12.1. The number of aliphatic imine (C=N–C) groups is 1. The van der Waals surface area contributed by atoms with Crippen LogP contribution in [0.25, 0.3) is 0 Å². The number of hydrogen-bond donors (Lipinski definition) is 3. The standard InChI is InChI=1S/C12H17N5OS/c18-10(15-5-8-1-3-13-4-2-8)12-17-9-6-14-7-16-11(9)19-12/h6,8,13,16H,1-5,7H2,(H,15,18). The number of piperidine rings is 1. The zero-order valence-corrected chi connectivity index (χ0v) is 11.4. The van der Waals surface area contributed by atoms with Crippen LogP contribution in [0.2, 0.25) is 0 Å². The fraction of sp³-hybridized carbons (Fsp3) is 0.583. The van der Waals surface area contributed by atoms with Crippen molar-refractivity contribution >= 4 is 28.5 Å². The fourth-order valence-electron chi connectivity index (χ4n) is 2.29. The highest BCUT2D eigenvalue weighted by atomic mass is 32.1. The largest absolute Gasteiger partial charge is 0.356 e. The first-order valence-corrected chi connectivity index (χ1v) is 7.38. The molecule has 0 atom stereocenters. The van der Waals surface area contributed by atoms with Gasteiger partial charge in [-0.25, -0.2) is 4.98 Å². The van der Waals surface area contributed by atoms with Gasteiger partial charge in [0, 0.05) is 6.54 Å². The van der Waals surface area contributed by atoms with Gasteiger partial charge in [0.2, 0.25) is 0 Å².